The van der Waals surface area contributed by atoms with Crippen molar-refractivity contribution in [1.29, 1.82) is 0 Å². The predicted octanol–water partition coefficient (Wildman–Crippen LogP) is 1.86. The Kier molecular flexibility index (Phi) is 5.33. The number of aromatic carboxylic acids is 1. The van der Waals surface area contributed by atoms with Gasteiger partial charge in [0.05, 0.1) is 17.6 Å². The molecule has 0 bridgehead atoms. The minimum Gasteiger partial charge on any atom is -0.478 e. The summed E-state index contributed by atoms with van der Waals surface area (Å²) in [7, 11) is 0. The van der Waals surface area contributed by atoms with Gasteiger partial charge in [0.15, 0.2) is 0 Å². The van der Waals surface area contributed by atoms with Crippen molar-refractivity contribution < 1.29 is 19.4 Å². The molecule has 5 nitrogen and oxygen atoms in total. The Morgan fingerprint density at radius 1 is 1.33 bits per heavy atom. The minimum absolute atomic E-state index is 0.0376. The van der Waals surface area contributed by atoms with Gasteiger partial charge < -0.3 is 15.2 Å². The van der Waals surface area contributed by atoms with Gasteiger partial charge in [-0.25, -0.2) is 4.79 Å². The van der Waals surface area contributed by atoms with Crippen LogP contribution in [0.15, 0.2) is 24.3 Å². The topological polar surface area (TPSA) is 75.6 Å². The third-order valence-electron chi connectivity index (χ3n) is 3.86. The molecule has 0 aliphatic carbocycles. The maximum Gasteiger partial charge on any atom is 0.335 e. The summed E-state index contributed by atoms with van der Waals surface area (Å²) in [6, 6.07) is 6.72. The SMILES string of the molecule is CCC1OCCC1C(=O)NCCc1ccc(C(=O)O)cc1. The van der Waals surface area contributed by atoms with Crippen molar-refractivity contribution in [2.24, 2.45) is 5.92 Å². The van der Waals surface area contributed by atoms with Crippen LogP contribution in [0.4, 0.5) is 0 Å². The van der Waals surface area contributed by atoms with Crippen molar-refractivity contribution in [3.05, 3.63) is 35.4 Å². The molecule has 1 aliphatic rings. The van der Waals surface area contributed by atoms with Gasteiger partial charge in [0.2, 0.25) is 5.91 Å². The second kappa shape index (κ2) is 7.22. The Morgan fingerprint density at radius 3 is 2.67 bits per heavy atom. The Hall–Kier alpha value is -1.88. The highest BCUT2D eigenvalue weighted by Gasteiger charge is 2.32. The second-order valence-corrected chi connectivity index (χ2v) is 5.26. The van der Waals surface area contributed by atoms with Crippen LogP contribution in [-0.4, -0.2) is 36.2 Å². The number of rotatable bonds is 6. The predicted molar refractivity (Wildman–Crippen MR) is 78.3 cm³/mol. The van der Waals surface area contributed by atoms with Gasteiger partial charge in [-0.1, -0.05) is 19.1 Å². The molecule has 2 unspecified atom stereocenters. The van der Waals surface area contributed by atoms with Gasteiger partial charge in [0.1, 0.15) is 0 Å². The van der Waals surface area contributed by atoms with E-state index in [0.717, 1.165) is 18.4 Å². The van der Waals surface area contributed by atoms with Gasteiger partial charge in [0, 0.05) is 13.2 Å². The number of benzene rings is 1. The number of nitrogens with one attached hydrogen (secondary N) is 1. The first kappa shape index (κ1) is 15.5. The Balaban J connectivity index is 1.78. The number of carbonyl (C=O) groups excluding carboxylic acids is 1. The summed E-state index contributed by atoms with van der Waals surface area (Å²) in [6.45, 7) is 3.24. The summed E-state index contributed by atoms with van der Waals surface area (Å²) >= 11 is 0. The highest BCUT2D eigenvalue weighted by Crippen LogP contribution is 2.23. The molecule has 1 heterocycles. The molecule has 2 rings (SSSR count). The van der Waals surface area contributed by atoms with Gasteiger partial charge in [-0.05, 0) is 37.0 Å². The van der Waals surface area contributed by atoms with E-state index in [9.17, 15) is 9.59 Å². The molecule has 1 aliphatic heterocycles. The maximum absolute atomic E-state index is 12.1. The molecule has 1 fully saturated rings. The molecule has 21 heavy (non-hydrogen) atoms. The van der Waals surface area contributed by atoms with Crippen LogP contribution >= 0.6 is 0 Å². The first-order valence-electron chi connectivity index (χ1n) is 7.33. The number of carbonyl (C=O) groups is 2. The average Bonchev–Trinajstić information content (AvgIpc) is 2.96. The smallest absolute Gasteiger partial charge is 0.335 e. The third-order valence-corrected chi connectivity index (χ3v) is 3.86. The average molecular weight is 291 g/mol. The van der Waals surface area contributed by atoms with Crippen LogP contribution < -0.4 is 5.32 Å². The molecule has 1 saturated heterocycles. The molecule has 114 valence electrons. The van der Waals surface area contributed by atoms with Gasteiger partial charge in [0.25, 0.3) is 0 Å². The molecule has 0 saturated carbocycles. The van der Waals surface area contributed by atoms with Gasteiger partial charge in [-0.15, -0.1) is 0 Å². The van der Waals surface area contributed by atoms with Crippen LogP contribution in [0.2, 0.25) is 0 Å². The van der Waals surface area contributed by atoms with Crippen molar-refractivity contribution in [2.45, 2.75) is 32.3 Å². The highest BCUT2D eigenvalue weighted by atomic mass is 16.5. The van der Waals surface area contributed by atoms with Crippen molar-refractivity contribution in [2.75, 3.05) is 13.2 Å². The molecule has 1 aromatic carbocycles. The summed E-state index contributed by atoms with van der Waals surface area (Å²) in [5.41, 5.74) is 1.28. The standard InChI is InChI=1S/C16H21NO4/c1-2-14-13(8-10-21-14)15(18)17-9-7-11-3-5-12(6-4-11)16(19)20/h3-6,13-14H,2,7-10H2,1H3,(H,17,18)(H,19,20). The van der Waals surface area contributed by atoms with E-state index in [2.05, 4.69) is 5.32 Å². The largest absolute Gasteiger partial charge is 0.478 e. The fourth-order valence-electron chi connectivity index (χ4n) is 2.63. The molecular formula is C16H21NO4. The Bertz CT molecular complexity index is 498. The third kappa shape index (κ3) is 4.04. The van der Waals surface area contributed by atoms with Gasteiger partial charge in [-0.3, -0.25) is 4.79 Å². The molecule has 2 N–H and O–H groups in total. The number of hydrogen-bond acceptors (Lipinski definition) is 3. The van der Waals surface area contributed by atoms with Crippen LogP contribution in [0.1, 0.15) is 35.7 Å². The molecule has 5 heteroatoms. The molecule has 0 spiro atoms. The van der Waals surface area contributed by atoms with Gasteiger partial charge in [-0.2, -0.15) is 0 Å². The highest BCUT2D eigenvalue weighted by molar-refractivity contribution is 5.87. The lowest BCUT2D eigenvalue weighted by Crippen LogP contribution is -2.36. The van der Waals surface area contributed by atoms with Crippen molar-refractivity contribution in [3.8, 4) is 0 Å². The van der Waals surface area contributed by atoms with E-state index in [1.54, 1.807) is 24.3 Å². The molecular weight excluding hydrogens is 270 g/mol. The van der Waals surface area contributed by atoms with E-state index in [-0.39, 0.29) is 23.5 Å². The first-order chi connectivity index (χ1) is 10.1. The second-order valence-electron chi connectivity index (χ2n) is 5.26. The monoisotopic (exact) mass is 291 g/mol. The maximum atomic E-state index is 12.1. The summed E-state index contributed by atoms with van der Waals surface area (Å²) in [5, 5.41) is 11.8. The fraction of sp³-hybridized carbons (Fsp3) is 0.500. The van der Waals surface area contributed by atoms with E-state index in [1.165, 1.54) is 0 Å². The van der Waals surface area contributed by atoms with Crippen molar-refractivity contribution in [1.82, 2.24) is 5.32 Å². The fourth-order valence-corrected chi connectivity index (χ4v) is 2.63. The lowest BCUT2D eigenvalue weighted by Gasteiger charge is -2.16. The number of ether oxygens (including phenoxy) is 1. The zero-order valence-electron chi connectivity index (χ0n) is 12.2. The van der Waals surface area contributed by atoms with Crippen LogP contribution in [0.3, 0.4) is 0 Å². The Labute approximate surface area is 124 Å². The normalized spacial score (nSPS) is 21.2. The lowest BCUT2D eigenvalue weighted by molar-refractivity contribution is -0.126. The van der Waals surface area contributed by atoms with Crippen LogP contribution in [0.5, 0.6) is 0 Å². The molecule has 0 radical (unpaired) electrons. The van der Waals surface area contributed by atoms with E-state index in [0.29, 0.717) is 19.6 Å². The number of carboxylic acids is 1. The first-order valence-corrected chi connectivity index (χ1v) is 7.33. The number of hydrogen-bond donors (Lipinski definition) is 2. The van der Waals surface area contributed by atoms with Crippen molar-refractivity contribution in [3.63, 3.8) is 0 Å². The molecule has 2 atom stereocenters. The van der Waals surface area contributed by atoms with Crippen molar-refractivity contribution >= 4 is 11.9 Å². The number of carboxylic acid groups (broad SMARTS) is 1. The summed E-state index contributed by atoms with van der Waals surface area (Å²) < 4.78 is 5.52. The van der Waals surface area contributed by atoms with Crippen LogP contribution in [0.25, 0.3) is 0 Å². The van der Waals surface area contributed by atoms with Crippen LogP contribution in [-0.2, 0) is 16.0 Å². The van der Waals surface area contributed by atoms with E-state index < -0.39 is 5.97 Å². The quantitative estimate of drug-likeness (QED) is 0.839. The lowest BCUT2D eigenvalue weighted by atomic mass is 9.98. The minimum atomic E-state index is -0.929. The Morgan fingerprint density at radius 2 is 2.05 bits per heavy atom. The van der Waals surface area contributed by atoms with Gasteiger partial charge >= 0.3 is 5.97 Å². The zero-order chi connectivity index (χ0) is 15.2. The number of amides is 1. The van der Waals surface area contributed by atoms with E-state index >= 15 is 0 Å². The van der Waals surface area contributed by atoms with E-state index in [1.807, 2.05) is 6.92 Å². The summed E-state index contributed by atoms with van der Waals surface area (Å²) in [6.07, 6.45) is 2.38. The van der Waals surface area contributed by atoms with E-state index in [4.69, 9.17) is 9.84 Å². The molecule has 1 aromatic rings. The molecule has 0 aromatic heterocycles. The summed E-state index contributed by atoms with van der Waals surface area (Å²) in [5.74, 6) is -0.910. The summed E-state index contributed by atoms with van der Waals surface area (Å²) in [4.78, 5) is 22.8. The van der Waals surface area contributed by atoms with Crippen LogP contribution in [0, 0.1) is 5.92 Å². The zero-order valence-corrected chi connectivity index (χ0v) is 12.2. The molecule has 1 amide bonds.